The molecule has 0 amide bonds. The van der Waals surface area contributed by atoms with Crippen molar-refractivity contribution in [3.8, 4) is 0 Å². The first kappa shape index (κ1) is 21.7. The number of unbranched alkanes of at least 4 members (excludes halogenated alkanes) is 1. The maximum Gasteiger partial charge on any atom is 0.308 e. The van der Waals surface area contributed by atoms with Gasteiger partial charge in [0.25, 0.3) is 0 Å². The maximum absolute atomic E-state index is 11.9. The third kappa shape index (κ3) is 9.82. The fraction of sp³-hybridized carbons (Fsp3) is 0.889. The van der Waals surface area contributed by atoms with Crippen LogP contribution in [0.25, 0.3) is 0 Å². The minimum Gasteiger partial charge on any atom is -0.463 e. The summed E-state index contributed by atoms with van der Waals surface area (Å²) in [6, 6.07) is 0. The second kappa shape index (κ2) is 12.1. The zero-order chi connectivity index (χ0) is 17.9. The molecule has 1 aliphatic rings. The molecule has 0 aromatic heterocycles. The normalized spacial score (nSPS) is 20.0. The Hall–Kier alpha value is -0.360. The SMILES string of the molecule is CC(C)OC(=O)C(C)CCC(C)OC(=O)CCCCC1CCSS1. The lowest BCUT2D eigenvalue weighted by Crippen LogP contribution is -2.21. The van der Waals surface area contributed by atoms with E-state index in [9.17, 15) is 9.59 Å². The van der Waals surface area contributed by atoms with E-state index >= 15 is 0 Å². The summed E-state index contributed by atoms with van der Waals surface area (Å²) in [5.41, 5.74) is 0. The predicted molar refractivity (Wildman–Crippen MR) is 102 cm³/mol. The van der Waals surface area contributed by atoms with Crippen molar-refractivity contribution in [2.45, 2.75) is 90.1 Å². The highest BCUT2D eigenvalue weighted by atomic mass is 33.1. The molecule has 0 aromatic rings. The van der Waals surface area contributed by atoms with E-state index in [2.05, 4.69) is 0 Å². The van der Waals surface area contributed by atoms with Crippen molar-refractivity contribution in [2.24, 2.45) is 5.92 Å². The zero-order valence-corrected chi connectivity index (χ0v) is 17.0. The standard InChI is InChI=1S/C18H32O4S2/c1-13(2)21-18(20)14(3)9-10-15(4)22-17(19)8-6-5-7-16-11-12-23-24-16/h13-16H,5-12H2,1-4H3. The van der Waals surface area contributed by atoms with Crippen molar-refractivity contribution in [3.63, 3.8) is 0 Å². The van der Waals surface area contributed by atoms with Gasteiger partial charge in [-0.05, 0) is 52.9 Å². The number of hydrogen-bond acceptors (Lipinski definition) is 6. The molecule has 1 aliphatic heterocycles. The highest BCUT2D eigenvalue weighted by Crippen LogP contribution is 2.39. The van der Waals surface area contributed by atoms with Crippen molar-refractivity contribution in [2.75, 3.05) is 5.75 Å². The van der Waals surface area contributed by atoms with Gasteiger partial charge in [-0.1, -0.05) is 34.9 Å². The summed E-state index contributed by atoms with van der Waals surface area (Å²) >= 11 is 0. The van der Waals surface area contributed by atoms with Crippen LogP contribution in [-0.2, 0) is 19.1 Å². The molecule has 1 saturated heterocycles. The summed E-state index contributed by atoms with van der Waals surface area (Å²) < 4.78 is 10.6. The van der Waals surface area contributed by atoms with Gasteiger partial charge in [-0.25, -0.2) is 0 Å². The lowest BCUT2D eigenvalue weighted by molar-refractivity contribution is -0.152. The van der Waals surface area contributed by atoms with Gasteiger partial charge in [-0.3, -0.25) is 9.59 Å². The molecule has 0 N–H and O–H groups in total. The van der Waals surface area contributed by atoms with Gasteiger partial charge in [0.1, 0.15) is 0 Å². The molecule has 6 heteroatoms. The Bertz CT molecular complexity index is 381. The average Bonchev–Trinajstić information content (AvgIpc) is 3.01. The fourth-order valence-electron chi connectivity index (χ4n) is 2.50. The van der Waals surface area contributed by atoms with Crippen LogP contribution in [-0.4, -0.2) is 35.1 Å². The minimum atomic E-state index is -0.175. The molecular weight excluding hydrogens is 344 g/mol. The smallest absolute Gasteiger partial charge is 0.308 e. The Morgan fingerprint density at radius 1 is 1.08 bits per heavy atom. The van der Waals surface area contributed by atoms with Crippen molar-refractivity contribution >= 4 is 33.5 Å². The number of carbonyl (C=O) groups excluding carboxylic acids is 2. The molecule has 24 heavy (non-hydrogen) atoms. The first-order valence-corrected chi connectivity index (χ1v) is 11.4. The van der Waals surface area contributed by atoms with Gasteiger partial charge in [0.05, 0.1) is 18.1 Å². The van der Waals surface area contributed by atoms with E-state index < -0.39 is 0 Å². The molecule has 0 spiro atoms. The molecule has 0 bridgehead atoms. The van der Waals surface area contributed by atoms with Crippen LogP contribution in [0.1, 0.15) is 72.6 Å². The van der Waals surface area contributed by atoms with Crippen molar-refractivity contribution in [1.82, 2.24) is 0 Å². The van der Waals surface area contributed by atoms with Crippen LogP contribution in [0.5, 0.6) is 0 Å². The van der Waals surface area contributed by atoms with E-state index in [-0.39, 0.29) is 30.1 Å². The van der Waals surface area contributed by atoms with Crippen molar-refractivity contribution in [3.05, 3.63) is 0 Å². The van der Waals surface area contributed by atoms with E-state index in [1.807, 2.05) is 49.3 Å². The quantitative estimate of drug-likeness (QED) is 0.287. The zero-order valence-electron chi connectivity index (χ0n) is 15.4. The lowest BCUT2D eigenvalue weighted by Gasteiger charge is -2.17. The van der Waals surface area contributed by atoms with E-state index in [0.29, 0.717) is 19.3 Å². The molecule has 0 aromatic carbocycles. The lowest BCUT2D eigenvalue weighted by atomic mass is 10.0. The van der Waals surface area contributed by atoms with E-state index in [1.165, 1.54) is 18.6 Å². The average molecular weight is 377 g/mol. The topological polar surface area (TPSA) is 52.6 Å². The van der Waals surface area contributed by atoms with Gasteiger partial charge in [-0.2, -0.15) is 0 Å². The van der Waals surface area contributed by atoms with Crippen LogP contribution in [0.3, 0.4) is 0 Å². The second-order valence-electron chi connectivity index (χ2n) is 6.84. The molecule has 1 rings (SSSR count). The third-order valence-corrected chi connectivity index (χ3v) is 6.98. The largest absolute Gasteiger partial charge is 0.463 e. The summed E-state index contributed by atoms with van der Waals surface area (Å²) in [6.07, 6.45) is 6.14. The number of rotatable bonds is 11. The Morgan fingerprint density at radius 3 is 2.46 bits per heavy atom. The van der Waals surface area contributed by atoms with Gasteiger partial charge in [0.2, 0.25) is 0 Å². The van der Waals surface area contributed by atoms with Crippen LogP contribution >= 0.6 is 21.6 Å². The Labute approximate surface area is 154 Å². The van der Waals surface area contributed by atoms with Crippen molar-refractivity contribution < 1.29 is 19.1 Å². The number of esters is 2. The first-order chi connectivity index (χ1) is 11.4. The van der Waals surface area contributed by atoms with Gasteiger partial charge in [0, 0.05) is 17.4 Å². The Morgan fingerprint density at radius 2 is 1.83 bits per heavy atom. The summed E-state index contributed by atoms with van der Waals surface area (Å²) in [4.78, 5) is 23.6. The summed E-state index contributed by atoms with van der Waals surface area (Å²) in [5.74, 6) is 0.813. The van der Waals surface area contributed by atoms with Crippen LogP contribution in [0, 0.1) is 5.92 Å². The van der Waals surface area contributed by atoms with Crippen molar-refractivity contribution in [1.29, 1.82) is 0 Å². The predicted octanol–water partition coefficient (Wildman–Crippen LogP) is 5.00. The number of hydrogen-bond donors (Lipinski definition) is 0. The summed E-state index contributed by atoms with van der Waals surface area (Å²) in [5, 5.41) is 0.775. The van der Waals surface area contributed by atoms with Crippen LogP contribution < -0.4 is 0 Å². The van der Waals surface area contributed by atoms with Crippen LogP contribution in [0.4, 0.5) is 0 Å². The maximum atomic E-state index is 11.9. The van der Waals surface area contributed by atoms with Gasteiger partial charge >= 0.3 is 11.9 Å². The van der Waals surface area contributed by atoms with Crippen LogP contribution in [0.15, 0.2) is 0 Å². The highest BCUT2D eigenvalue weighted by Gasteiger charge is 2.19. The molecule has 0 aliphatic carbocycles. The number of carbonyl (C=O) groups is 2. The van der Waals surface area contributed by atoms with Crippen LogP contribution in [0.2, 0.25) is 0 Å². The summed E-state index contributed by atoms with van der Waals surface area (Å²) in [7, 11) is 3.95. The van der Waals surface area contributed by atoms with Gasteiger partial charge < -0.3 is 9.47 Å². The van der Waals surface area contributed by atoms with E-state index in [1.54, 1.807) is 0 Å². The van der Waals surface area contributed by atoms with Gasteiger partial charge in [-0.15, -0.1) is 0 Å². The Kier molecular flexibility index (Phi) is 10.9. The molecule has 1 fully saturated rings. The first-order valence-electron chi connectivity index (χ1n) is 9.06. The highest BCUT2D eigenvalue weighted by molar-refractivity contribution is 8.77. The third-order valence-electron chi connectivity index (χ3n) is 3.98. The second-order valence-corrected chi connectivity index (χ2v) is 9.63. The number of ether oxygens (including phenoxy) is 2. The minimum absolute atomic E-state index is 0.0866. The van der Waals surface area contributed by atoms with Gasteiger partial charge in [0.15, 0.2) is 0 Å². The van der Waals surface area contributed by atoms with E-state index in [4.69, 9.17) is 9.47 Å². The fourth-order valence-corrected chi connectivity index (χ4v) is 5.53. The Balaban J connectivity index is 2.07. The molecule has 0 radical (unpaired) electrons. The molecule has 3 unspecified atom stereocenters. The molecule has 1 heterocycles. The monoisotopic (exact) mass is 376 g/mol. The molecular formula is C18H32O4S2. The molecule has 4 nitrogen and oxygen atoms in total. The molecule has 0 saturated carbocycles. The summed E-state index contributed by atoms with van der Waals surface area (Å²) in [6.45, 7) is 7.45. The van der Waals surface area contributed by atoms with E-state index in [0.717, 1.165) is 18.1 Å². The molecule has 3 atom stereocenters. The molecule has 140 valence electrons.